The second-order valence-electron chi connectivity index (χ2n) is 5.66. The van der Waals surface area contributed by atoms with Crippen molar-refractivity contribution in [3.8, 4) is 29.1 Å². The van der Waals surface area contributed by atoms with Crippen LogP contribution in [0.5, 0.6) is 23.0 Å². The first-order chi connectivity index (χ1) is 12.6. The molecule has 1 heterocycles. The van der Waals surface area contributed by atoms with Crippen LogP contribution in [0.25, 0.3) is 0 Å². The van der Waals surface area contributed by atoms with Gasteiger partial charge in [-0.1, -0.05) is 24.8 Å². The van der Waals surface area contributed by atoms with Crippen LogP contribution in [0.3, 0.4) is 0 Å². The van der Waals surface area contributed by atoms with Gasteiger partial charge in [0.25, 0.3) is 0 Å². The third-order valence-electron chi connectivity index (χ3n) is 4.08. The number of nitriles is 1. The Morgan fingerprint density at radius 2 is 2.12 bits per heavy atom. The lowest BCUT2D eigenvalue weighted by atomic mass is 9.83. The van der Waals surface area contributed by atoms with Gasteiger partial charge in [-0.05, 0) is 23.8 Å². The molecule has 0 radical (unpaired) electrons. The molecule has 0 bridgehead atoms. The highest BCUT2D eigenvalue weighted by atomic mass is 16.5. The number of phenolic OH excluding ortho intramolecular Hbond substituents is 1. The van der Waals surface area contributed by atoms with Gasteiger partial charge in [0.15, 0.2) is 11.5 Å². The smallest absolute Gasteiger partial charge is 0.205 e. The Hall–Kier alpha value is -3.59. The molecular weight excluding hydrogens is 332 g/mol. The van der Waals surface area contributed by atoms with Gasteiger partial charge in [-0.15, -0.1) is 0 Å². The summed E-state index contributed by atoms with van der Waals surface area (Å²) >= 11 is 0. The average Bonchev–Trinajstić information content (AvgIpc) is 2.65. The molecular formula is C20H18N2O4. The molecule has 0 aliphatic carbocycles. The van der Waals surface area contributed by atoms with Crippen LogP contribution in [-0.4, -0.2) is 18.8 Å². The summed E-state index contributed by atoms with van der Waals surface area (Å²) in [4.78, 5) is 0. The quantitative estimate of drug-likeness (QED) is 0.804. The van der Waals surface area contributed by atoms with Gasteiger partial charge in [0.05, 0.1) is 13.0 Å². The SMILES string of the molecule is C=CCOc1ccc([C@H]2C(C#N)=C(N)Oc3cc(O)ccc32)cc1OC. The highest BCUT2D eigenvalue weighted by Crippen LogP contribution is 2.44. The number of nitrogens with two attached hydrogens (primary N) is 1. The number of nitrogens with zero attached hydrogens (tertiary/aromatic N) is 1. The Morgan fingerprint density at radius 1 is 1.31 bits per heavy atom. The highest BCUT2D eigenvalue weighted by molar-refractivity contribution is 5.58. The zero-order chi connectivity index (χ0) is 18.7. The van der Waals surface area contributed by atoms with Crippen molar-refractivity contribution < 1.29 is 19.3 Å². The summed E-state index contributed by atoms with van der Waals surface area (Å²) in [5, 5.41) is 19.3. The lowest BCUT2D eigenvalue weighted by Crippen LogP contribution is -2.21. The van der Waals surface area contributed by atoms with Crippen molar-refractivity contribution in [2.45, 2.75) is 5.92 Å². The third-order valence-corrected chi connectivity index (χ3v) is 4.08. The number of rotatable bonds is 5. The molecule has 0 amide bonds. The highest BCUT2D eigenvalue weighted by Gasteiger charge is 2.31. The van der Waals surface area contributed by atoms with Crippen LogP contribution < -0.4 is 19.9 Å². The van der Waals surface area contributed by atoms with E-state index in [2.05, 4.69) is 12.6 Å². The van der Waals surface area contributed by atoms with Crippen molar-refractivity contribution in [2.24, 2.45) is 5.73 Å². The van der Waals surface area contributed by atoms with Crippen LogP contribution in [-0.2, 0) is 0 Å². The van der Waals surface area contributed by atoms with Crippen molar-refractivity contribution in [1.29, 1.82) is 5.26 Å². The minimum atomic E-state index is -0.438. The number of hydrogen-bond donors (Lipinski definition) is 2. The Kier molecular flexibility index (Phi) is 4.72. The number of allylic oxidation sites excluding steroid dienone is 1. The van der Waals surface area contributed by atoms with Crippen LogP contribution in [0.2, 0.25) is 0 Å². The maximum Gasteiger partial charge on any atom is 0.205 e. The van der Waals surface area contributed by atoms with Gasteiger partial charge in [0.2, 0.25) is 5.88 Å². The third kappa shape index (κ3) is 3.03. The maximum absolute atomic E-state index is 9.71. The van der Waals surface area contributed by atoms with E-state index in [1.165, 1.54) is 6.07 Å². The number of aromatic hydroxyl groups is 1. The minimum Gasteiger partial charge on any atom is -0.508 e. The first-order valence-corrected chi connectivity index (χ1v) is 7.91. The second kappa shape index (κ2) is 7.11. The minimum absolute atomic E-state index is 0.0153. The summed E-state index contributed by atoms with van der Waals surface area (Å²) in [7, 11) is 1.55. The summed E-state index contributed by atoms with van der Waals surface area (Å²) in [6, 6.07) is 12.3. The summed E-state index contributed by atoms with van der Waals surface area (Å²) in [6.45, 7) is 3.98. The monoisotopic (exact) mass is 350 g/mol. The van der Waals surface area contributed by atoms with Crippen LogP contribution >= 0.6 is 0 Å². The molecule has 1 aliphatic rings. The molecule has 3 N–H and O–H groups in total. The molecule has 6 heteroatoms. The Labute approximate surface area is 151 Å². The Bertz CT molecular complexity index is 928. The molecule has 0 spiro atoms. The Morgan fingerprint density at radius 3 is 2.81 bits per heavy atom. The first-order valence-electron chi connectivity index (χ1n) is 7.91. The van der Waals surface area contributed by atoms with E-state index < -0.39 is 5.92 Å². The topological polar surface area (TPSA) is 97.7 Å². The fourth-order valence-electron chi connectivity index (χ4n) is 2.92. The molecule has 132 valence electrons. The van der Waals surface area contributed by atoms with E-state index in [0.717, 1.165) is 11.1 Å². The molecule has 3 rings (SSSR count). The van der Waals surface area contributed by atoms with Gasteiger partial charge in [-0.2, -0.15) is 5.26 Å². The van der Waals surface area contributed by atoms with Crippen LogP contribution in [0.15, 0.2) is 60.5 Å². The fourth-order valence-corrected chi connectivity index (χ4v) is 2.92. The molecule has 0 unspecified atom stereocenters. The van der Waals surface area contributed by atoms with E-state index in [9.17, 15) is 10.4 Å². The number of benzene rings is 2. The number of fused-ring (bicyclic) bond motifs is 1. The molecule has 26 heavy (non-hydrogen) atoms. The molecule has 1 atom stereocenters. The van der Waals surface area contributed by atoms with Crippen molar-refractivity contribution in [2.75, 3.05) is 13.7 Å². The average molecular weight is 350 g/mol. The molecule has 2 aromatic rings. The Balaban J connectivity index is 2.12. The van der Waals surface area contributed by atoms with Gasteiger partial charge >= 0.3 is 0 Å². The van der Waals surface area contributed by atoms with Crippen LogP contribution in [0, 0.1) is 11.3 Å². The number of phenols is 1. The summed E-state index contributed by atoms with van der Waals surface area (Å²) in [6.07, 6.45) is 1.64. The van der Waals surface area contributed by atoms with E-state index in [-0.39, 0.29) is 11.6 Å². The second-order valence-corrected chi connectivity index (χ2v) is 5.66. The predicted octanol–water partition coefficient (Wildman–Crippen LogP) is 3.18. The molecule has 1 aliphatic heterocycles. The van der Waals surface area contributed by atoms with Crippen LogP contribution in [0.4, 0.5) is 0 Å². The lowest BCUT2D eigenvalue weighted by Gasteiger charge is -2.27. The summed E-state index contributed by atoms with van der Waals surface area (Å²) in [5.74, 6) is 1.16. The number of ether oxygens (including phenoxy) is 3. The molecule has 0 saturated heterocycles. The summed E-state index contributed by atoms with van der Waals surface area (Å²) in [5.41, 5.74) is 7.76. The van der Waals surface area contributed by atoms with Gasteiger partial charge in [-0.3, -0.25) is 0 Å². The predicted molar refractivity (Wildman–Crippen MR) is 96.1 cm³/mol. The van der Waals surface area contributed by atoms with E-state index in [4.69, 9.17) is 19.9 Å². The normalized spacial score (nSPS) is 15.5. The molecule has 0 aromatic heterocycles. The zero-order valence-electron chi connectivity index (χ0n) is 14.2. The molecule has 2 aromatic carbocycles. The van der Waals surface area contributed by atoms with Crippen molar-refractivity contribution in [3.63, 3.8) is 0 Å². The molecule has 0 fully saturated rings. The van der Waals surface area contributed by atoms with E-state index in [0.29, 0.717) is 29.4 Å². The van der Waals surface area contributed by atoms with E-state index >= 15 is 0 Å². The standard InChI is InChI=1S/C20H18N2O4/c1-3-8-25-16-7-4-12(9-18(16)24-2)19-14-6-5-13(23)10-17(14)26-20(22)15(19)11-21/h3-7,9-10,19,23H,1,8,22H2,2H3/t19-/m1/s1. The summed E-state index contributed by atoms with van der Waals surface area (Å²) < 4.78 is 16.5. The van der Waals surface area contributed by atoms with E-state index in [1.54, 1.807) is 37.5 Å². The van der Waals surface area contributed by atoms with Crippen molar-refractivity contribution in [3.05, 3.63) is 71.6 Å². The molecule has 0 saturated carbocycles. The van der Waals surface area contributed by atoms with E-state index in [1.807, 2.05) is 6.07 Å². The van der Waals surface area contributed by atoms with Crippen molar-refractivity contribution in [1.82, 2.24) is 0 Å². The number of methoxy groups -OCH3 is 1. The van der Waals surface area contributed by atoms with Crippen LogP contribution in [0.1, 0.15) is 17.0 Å². The fraction of sp³-hybridized carbons (Fsp3) is 0.150. The zero-order valence-corrected chi connectivity index (χ0v) is 14.2. The lowest BCUT2D eigenvalue weighted by molar-refractivity contribution is 0.326. The largest absolute Gasteiger partial charge is 0.508 e. The van der Waals surface area contributed by atoms with Crippen molar-refractivity contribution >= 4 is 0 Å². The molecule has 6 nitrogen and oxygen atoms in total. The van der Waals surface area contributed by atoms with Gasteiger partial charge in [0.1, 0.15) is 29.7 Å². The van der Waals surface area contributed by atoms with Gasteiger partial charge in [-0.25, -0.2) is 0 Å². The maximum atomic E-state index is 9.71. The first kappa shape index (κ1) is 17.2. The van der Waals surface area contributed by atoms with Gasteiger partial charge < -0.3 is 25.1 Å². The van der Waals surface area contributed by atoms with Gasteiger partial charge in [0, 0.05) is 11.6 Å². The number of hydrogen-bond acceptors (Lipinski definition) is 6.